The third-order valence-electron chi connectivity index (χ3n) is 4.34. The van der Waals surface area contributed by atoms with Gasteiger partial charge in [0.1, 0.15) is 11.7 Å². The van der Waals surface area contributed by atoms with Crippen LogP contribution in [-0.2, 0) is 16.1 Å². The summed E-state index contributed by atoms with van der Waals surface area (Å²) in [7, 11) is 0. The van der Waals surface area contributed by atoms with Crippen LogP contribution in [0, 0.1) is 0 Å². The van der Waals surface area contributed by atoms with Crippen molar-refractivity contribution in [1.29, 1.82) is 0 Å². The van der Waals surface area contributed by atoms with Gasteiger partial charge in [-0.15, -0.1) is 0 Å². The van der Waals surface area contributed by atoms with Crippen LogP contribution < -0.4 is 5.32 Å². The number of amides is 1. The van der Waals surface area contributed by atoms with Crippen LogP contribution in [0.4, 0.5) is 5.69 Å². The van der Waals surface area contributed by atoms with Gasteiger partial charge in [0.05, 0.1) is 13.2 Å². The number of nitrogens with zero attached hydrogens (tertiary/aromatic N) is 3. The van der Waals surface area contributed by atoms with Crippen molar-refractivity contribution in [2.75, 3.05) is 31.6 Å². The molecule has 138 valence electrons. The monoisotopic (exact) mass is 358 g/mol. The van der Waals surface area contributed by atoms with E-state index in [1.807, 2.05) is 24.3 Å². The predicted molar refractivity (Wildman–Crippen MR) is 95.1 cm³/mol. The number of aromatic nitrogens is 2. The number of hydrogen-bond acceptors (Lipinski definition) is 5. The maximum atomic E-state index is 12.5. The number of aromatic carboxylic acids is 1. The van der Waals surface area contributed by atoms with Crippen LogP contribution in [0.25, 0.3) is 0 Å². The zero-order chi connectivity index (χ0) is 18.5. The molecule has 2 heterocycles. The lowest BCUT2D eigenvalue weighted by Crippen LogP contribution is -2.35. The van der Waals surface area contributed by atoms with Gasteiger partial charge in [0.2, 0.25) is 5.91 Å². The molecule has 0 saturated carbocycles. The molecule has 1 aromatic carbocycles. The smallest absolute Gasteiger partial charge is 0.354 e. The van der Waals surface area contributed by atoms with E-state index in [0.29, 0.717) is 5.69 Å². The summed E-state index contributed by atoms with van der Waals surface area (Å²) in [6.45, 7) is 5.68. The normalized spacial score (nSPS) is 16.2. The van der Waals surface area contributed by atoms with E-state index in [-0.39, 0.29) is 11.6 Å². The highest BCUT2D eigenvalue weighted by Crippen LogP contribution is 2.16. The summed E-state index contributed by atoms with van der Waals surface area (Å²) in [4.78, 5) is 26.0. The van der Waals surface area contributed by atoms with E-state index in [1.165, 1.54) is 16.9 Å². The number of anilines is 1. The number of nitrogens with one attached hydrogen (secondary N) is 1. The third kappa shape index (κ3) is 4.27. The van der Waals surface area contributed by atoms with E-state index in [2.05, 4.69) is 15.3 Å². The van der Waals surface area contributed by atoms with Gasteiger partial charge in [0.15, 0.2) is 0 Å². The van der Waals surface area contributed by atoms with Crippen LogP contribution in [0.3, 0.4) is 0 Å². The summed E-state index contributed by atoms with van der Waals surface area (Å²) in [6, 6.07) is 8.29. The summed E-state index contributed by atoms with van der Waals surface area (Å²) in [5.74, 6) is -1.44. The Kier molecular flexibility index (Phi) is 5.65. The van der Waals surface area contributed by atoms with E-state index >= 15 is 0 Å². The quantitative estimate of drug-likeness (QED) is 0.814. The molecule has 1 saturated heterocycles. The Balaban J connectivity index is 1.66. The van der Waals surface area contributed by atoms with Gasteiger partial charge in [0, 0.05) is 31.5 Å². The minimum Gasteiger partial charge on any atom is -0.477 e. The summed E-state index contributed by atoms with van der Waals surface area (Å²) in [5.41, 5.74) is 1.76. The molecule has 0 bridgehead atoms. The Hall–Kier alpha value is -2.71. The summed E-state index contributed by atoms with van der Waals surface area (Å²) in [6.07, 6.45) is 1.37. The van der Waals surface area contributed by atoms with Crippen LogP contribution in [-0.4, -0.2) is 58.0 Å². The first kappa shape index (κ1) is 18.1. The van der Waals surface area contributed by atoms with Gasteiger partial charge in [-0.25, -0.2) is 9.48 Å². The predicted octanol–water partition coefficient (Wildman–Crippen LogP) is 1.61. The molecule has 2 aromatic rings. The van der Waals surface area contributed by atoms with Crippen LogP contribution >= 0.6 is 0 Å². The maximum Gasteiger partial charge on any atom is 0.354 e. The van der Waals surface area contributed by atoms with Crippen LogP contribution in [0.1, 0.15) is 29.0 Å². The molecule has 1 aliphatic heterocycles. The second-order valence-electron chi connectivity index (χ2n) is 6.22. The molecule has 2 N–H and O–H groups in total. The number of carbonyl (C=O) groups is 2. The Morgan fingerprint density at radius 2 is 2.08 bits per heavy atom. The van der Waals surface area contributed by atoms with Crippen molar-refractivity contribution in [1.82, 2.24) is 14.7 Å². The first-order valence-corrected chi connectivity index (χ1v) is 8.51. The summed E-state index contributed by atoms with van der Waals surface area (Å²) >= 11 is 0. The molecule has 0 radical (unpaired) electrons. The van der Waals surface area contributed by atoms with Gasteiger partial charge in [-0.05, 0) is 30.7 Å². The molecular weight excluding hydrogens is 336 g/mol. The first-order chi connectivity index (χ1) is 12.5. The van der Waals surface area contributed by atoms with E-state index in [4.69, 9.17) is 9.84 Å². The standard InChI is InChI=1S/C18H22N4O4/c1-13(22-16(18(24)25)5-6-19-22)17(23)20-15-4-2-3-14(11-15)12-21-7-9-26-10-8-21/h2-6,11,13H,7-10,12H2,1H3,(H,20,23)(H,24,25). The molecule has 8 heteroatoms. The molecule has 3 rings (SSSR count). The number of rotatable bonds is 6. The Labute approximate surface area is 151 Å². The lowest BCUT2D eigenvalue weighted by Gasteiger charge is -2.26. The third-order valence-corrected chi connectivity index (χ3v) is 4.34. The molecule has 8 nitrogen and oxygen atoms in total. The van der Waals surface area contributed by atoms with E-state index in [0.717, 1.165) is 38.4 Å². The summed E-state index contributed by atoms with van der Waals surface area (Å²) in [5, 5.41) is 16.0. The molecule has 1 atom stereocenters. The Bertz CT molecular complexity index is 783. The lowest BCUT2D eigenvalue weighted by molar-refractivity contribution is -0.119. The van der Waals surface area contributed by atoms with Gasteiger partial charge in [0.25, 0.3) is 0 Å². The van der Waals surface area contributed by atoms with Crippen molar-refractivity contribution >= 4 is 17.6 Å². The minimum absolute atomic E-state index is 0.0197. The average Bonchev–Trinajstić information content (AvgIpc) is 3.12. The molecule has 26 heavy (non-hydrogen) atoms. The molecule has 1 aliphatic rings. The SMILES string of the molecule is CC(C(=O)Nc1cccc(CN2CCOCC2)c1)n1nccc1C(=O)O. The maximum absolute atomic E-state index is 12.5. The second kappa shape index (κ2) is 8.11. The van der Waals surface area contributed by atoms with Gasteiger partial charge >= 0.3 is 5.97 Å². The van der Waals surface area contributed by atoms with Crippen LogP contribution in [0.5, 0.6) is 0 Å². The topological polar surface area (TPSA) is 96.7 Å². The highest BCUT2D eigenvalue weighted by atomic mass is 16.5. The first-order valence-electron chi connectivity index (χ1n) is 8.51. The largest absolute Gasteiger partial charge is 0.477 e. The zero-order valence-electron chi connectivity index (χ0n) is 14.6. The molecule has 0 spiro atoms. The van der Waals surface area contributed by atoms with E-state index in [1.54, 1.807) is 6.92 Å². The zero-order valence-corrected chi connectivity index (χ0v) is 14.6. The Morgan fingerprint density at radius 3 is 2.81 bits per heavy atom. The number of hydrogen-bond donors (Lipinski definition) is 2. The number of morpholine rings is 1. The van der Waals surface area contributed by atoms with Crippen LogP contribution in [0.2, 0.25) is 0 Å². The highest BCUT2D eigenvalue weighted by molar-refractivity contribution is 5.94. The number of ether oxygens (including phenoxy) is 1. The van der Waals surface area contributed by atoms with Gasteiger partial charge < -0.3 is 15.2 Å². The lowest BCUT2D eigenvalue weighted by atomic mass is 10.1. The number of carbonyl (C=O) groups excluding carboxylic acids is 1. The van der Waals surface area contributed by atoms with Crippen molar-refractivity contribution < 1.29 is 19.4 Å². The van der Waals surface area contributed by atoms with Gasteiger partial charge in [-0.1, -0.05) is 12.1 Å². The van der Waals surface area contributed by atoms with Gasteiger partial charge in [-0.3, -0.25) is 9.69 Å². The average molecular weight is 358 g/mol. The molecular formula is C18H22N4O4. The van der Waals surface area contributed by atoms with E-state index in [9.17, 15) is 9.59 Å². The van der Waals surface area contributed by atoms with E-state index < -0.39 is 12.0 Å². The fourth-order valence-electron chi connectivity index (χ4n) is 2.91. The summed E-state index contributed by atoms with van der Waals surface area (Å²) < 4.78 is 6.56. The minimum atomic E-state index is -1.12. The fraction of sp³-hybridized carbons (Fsp3) is 0.389. The molecule has 0 aliphatic carbocycles. The second-order valence-corrected chi connectivity index (χ2v) is 6.22. The highest BCUT2D eigenvalue weighted by Gasteiger charge is 2.21. The van der Waals surface area contributed by atoms with Crippen molar-refractivity contribution in [3.63, 3.8) is 0 Å². The molecule has 1 aromatic heterocycles. The Morgan fingerprint density at radius 1 is 1.31 bits per heavy atom. The molecule has 1 amide bonds. The number of benzene rings is 1. The fourth-order valence-corrected chi connectivity index (χ4v) is 2.91. The number of carboxylic acids is 1. The van der Waals surface area contributed by atoms with Crippen molar-refractivity contribution in [2.45, 2.75) is 19.5 Å². The van der Waals surface area contributed by atoms with Crippen molar-refractivity contribution in [3.8, 4) is 0 Å². The number of carboxylic acid groups (broad SMARTS) is 1. The van der Waals surface area contributed by atoms with Crippen LogP contribution in [0.15, 0.2) is 36.5 Å². The van der Waals surface area contributed by atoms with Crippen molar-refractivity contribution in [2.24, 2.45) is 0 Å². The molecule has 1 fully saturated rings. The molecule has 1 unspecified atom stereocenters. The van der Waals surface area contributed by atoms with Crippen molar-refractivity contribution in [3.05, 3.63) is 47.8 Å². The van der Waals surface area contributed by atoms with Gasteiger partial charge in [-0.2, -0.15) is 5.10 Å².